The average Bonchev–Trinajstić information content (AvgIpc) is 3.04. The van der Waals surface area contributed by atoms with Gasteiger partial charge in [-0.2, -0.15) is 0 Å². The molecule has 2 aromatic heterocycles. The summed E-state index contributed by atoms with van der Waals surface area (Å²) in [4.78, 5) is 20.8. The third kappa shape index (κ3) is 2.85. The summed E-state index contributed by atoms with van der Waals surface area (Å²) in [7, 11) is 1.83. The predicted octanol–water partition coefficient (Wildman–Crippen LogP) is 2.66. The van der Waals surface area contributed by atoms with Crippen LogP contribution in [0.3, 0.4) is 0 Å². The number of nitrogens with zero attached hydrogens (tertiary/aromatic N) is 2. The molecular formula is C15H14N4OS. The second-order valence-corrected chi connectivity index (χ2v) is 5.41. The zero-order valence-electron chi connectivity index (χ0n) is 11.5. The van der Waals surface area contributed by atoms with E-state index in [1.807, 2.05) is 36.7 Å². The van der Waals surface area contributed by atoms with E-state index < -0.39 is 0 Å². The van der Waals surface area contributed by atoms with E-state index in [1.165, 1.54) is 11.3 Å². The molecule has 6 heteroatoms. The summed E-state index contributed by atoms with van der Waals surface area (Å²) in [5.74, 6) is -0.201. The van der Waals surface area contributed by atoms with Crippen molar-refractivity contribution in [3.05, 3.63) is 52.6 Å². The molecule has 0 bridgehead atoms. The van der Waals surface area contributed by atoms with Gasteiger partial charge in [-0.1, -0.05) is 18.2 Å². The normalized spacial score (nSPS) is 10.5. The number of hydrogen-bond donors (Lipinski definition) is 2. The van der Waals surface area contributed by atoms with Gasteiger partial charge in [0.25, 0.3) is 5.91 Å². The Morgan fingerprint density at radius 1 is 1.33 bits per heavy atom. The topological polar surface area (TPSA) is 66.9 Å². The molecule has 5 nitrogen and oxygen atoms in total. The summed E-state index contributed by atoms with van der Waals surface area (Å²) >= 11 is 1.51. The van der Waals surface area contributed by atoms with E-state index in [-0.39, 0.29) is 5.91 Å². The summed E-state index contributed by atoms with van der Waals surface area (Å²) in [6, 6.07) is 9.50. The first-order valence-corrected chi connectivity index (χ1v) is 7.40. The summed E-state index contributed by atoms with van der Waals surface area (Å²) in [5.41, 5.74) is 2.08. The second kappa shape index (κ2) is 5.88. The predicted molar refractivity (Wildman–Crippen MR) is 84.6 cm³/mol. The fraction of sp³-hybridized carbons (Fsp3) is 0.133. The fourth-order valence-corrected chi connectivity index (χ4v) is 2.64. The molecule has 0 spiro atoms. The van der Waals surface area contributed by atoms with Gasteiger partial charge in [0.2, 0.25) is 0 Å². The highest BCUT2D eigenvalue weighted by atomic mass is 32.1. The van der Waals surface area contributed by atoms with Crippen LogP contribution in [0.2, 0.25) is 0 Å². The van der Waals surface area contributed by atoms with Crippen LogP contribution in [0.1, 0.15) is 15.5 Å². The molecule has 0 aliphatic heterocycles. The van der Waals surface area contributed by atoms with Crippen LogP contribution in [0.15, 0.2) is 41.9 Å². The molecule has 0 aliphatic rings. The Hall–Kier alpha value is -2.47. The van der Waals surface area contributed by atoms with Gasteiger partial charge >= 0.3 is 0 Å². The standard InChI is InChI=1S/C15H14N4OS/c1-16-12-8-13(19-11-5-3-2-4-10(11)12)15(20)18-9-14-17-6-7-21-14/h2-8H,9H2,1H3,(H,16,19)(H,18,20). The lowest BCUT2D eigenvalue weighted by Crippen LogP contribution is -2.23. The fourth-order valence-electron chi connectivity index (χ4n) is 2.09. The van der Waals surface area contributed by atoms with Crippen molar-refractivity contribution in [3.8, 4) is 0 Å². The molecule has 2 heterocycles. The highest BCUT2D eigenvalue weighted by Crippen LogP contribution is 2.22. The van der Waals surface area contributed by atoms with E-state index in [9.17, 15) is 4.79 Å². The van der Waals surface area contributed by atoms with Crippen LogP contribution < -0.4 is 10.6 Å². The third-order valence-electron chi connectivity index (χ3n) is 3.10. The number of pyridine rings is 1. The summed E-state index contributed by atoms with van der Waals surface area (Å²) in [6.45, 7) is 0.417. The van der Waals surface area contributed by atoms with Gasteiger partial charge < -0.3 is 10.6 Å². The van der Waals surface area contributed by atoms with Crippen LogP contribution in [0.5, 0.6) is 0 Å². The number of anilines is 1. The Labute approximate surface area is 126 Å². The highest BCUT2D eigenvalue weighted by molar-refractivity contribution is 7.09. The van der Waals surface area contributed by atoms with Crippen molar-refractivity contribution in [2.24, 2.45) is 0 Å². The van der Waals surface area contributed by atoms with Crippen LogP contribution >= 0.6 is 11.3 Å². The van der Waals surface area contributed by atoms with Gasteiger partial charge in [0, 0.05) is 29.7 Å². The molecule has 0 saturated carbocycles. The maximum absolute atomic E-state index is 12.2. The molecule has 21 heavy (non-hydrogen) atoms. The lowest BCUT2D eigenvalue weighted by Gasteiger charge is -2.09. The average molecular weight is 298 g/mol. The minimum Gasteiger partial charge on any atom is -0.388 e. The summed E-state index contributed by atoms with van der Waals surface area (Å²) < 4.78 is 0. The molecule has 1 amide bonds. The monoisotopic (exact) mass is 298 g/mol. The van der Waals surface area contributed by atoms with E-state index in [2.05, 4.69) is 20.6 Å². The lowest BCUT2D eigenvalue weighted by atomic mass is 10.1. The lowest BCUT2D eigenvalue weighted by molar-refractivity contribution is 0.0946. The van der Waals surface area contributed by atoms with Gasteiger partial charge in [-0.3, -0.25) is 4.79 Å². The number of nitrogens with one attached hydrogen (secondary N) is 2. The SMILES string of the molecule is CNc1cc(C(=O)NCc2nccs2)nc2ccccc12. The van der Waals surface area contributed by atoms with Gasteiger partial charge in [-0.25, -0.2) is 9.97 Å². The number of rotatable bonds is 4. The molecule has 0 saturated heterocycles. The molecule has 3 rings (SSSR count). The van der Waals surface area contributed by atoms with Crippen molar-refractivity contribution in [2.45, 2.75) is 6.54 Å². The number of thiazole rings is 1. The molecule has 0 atom stereocenters. The molecule has 0 aliphatic carbocycles. The minimum absolute atomic E-state index is 0.201. The van der Waals surface area contributed by atoms with Gasteiger partial charge in [0.1, 0.15) is 10.7 Å². The number of para-hydroxylation sites is 1. The molecule has 0 fully saturated rings. The Morgan fingerprint density at radius 2 is 2.19 bits per heavy atom. The van der Waals surface area contributed by atoms with E-state index in [4.69, 9.17) is 0 Å². The van der Waals surface area contributed by atoms with Gasteiger partial charge in [-0.05, 0) is 12.1 Å². The molecule has 0 radical (unpaired) electrons. The molecule has 1 aromatic carbocycles. The van der Waals surface area contributed by atoms with Gasteiger partial charge in [0.05, 0.1) is 12.1 Å². The maximum Gasteiger partial charge on any atom is 0.270 e. The van der Waals surface area contributed by atoms with Crippen LogP contribution in [0.25, 0.3) is 10.9 Å². The molecule has 2 N–H and O–H groups in total. The number of fused-ring (bicyclic) bond motifs is 1. The van der Waals surface area contributed by atoms with Gasteiger partial charge in [-0.15, -0.1) is 11.3 Å². The first-order valence-electron chi connectivity index (χ1n) is 6.52. The highest BCUT2D eigenvalue weighted by Gasteiger charge is 2.11. The van der Waals surface area contributed by atoms with Crippen molar-refractivity contribution in [1.82, 2.24) is 15.3 Å². The first kappa shape index (κ1) is 13.5. The molecule has 0 unspecified atom stereocenters. The first-order chi connectivity index (χ1) is 10.3. The van der Waals surface area contributed by atoms with E-state index >= 15 is 0 Å². The second-order valence-electron chi connectivity index (χ2n) is 4.43. The van der Waals surface area contributed by atoms with Crippen molar-refractivity contribution in [1.29, 1.82) is 0 Å². The van der Waals surface area contributed by atoms with Crippen LogP contribution in [0.4, 0.5) is 5.69 Å². The zero-order valence-corrected chi connectivity index (χ0v) is 12.3. The van der Waals surface area contributed by atoms with Crippen LogP contribution in [-0.2, 0) is 6.54 Å². The van der Waals surface area contributed by atoms with E-state index in [1.54, 1.807) is 12.3 Å². The number of carbonyl (C=O) groups is 1. The Kier molecular flexibility index (Phi) is 3.79. The Bertz CT molecular complexity index is 770. The number of carbonyl (C=O) groups excluding carboxylic acids is 1. The summed E-state index contributed by atoms with van der Waals surface area (Å²) in [6.07, 6.45) is 1.72. The Balaban J connectivity index is 1.87. The summed E-state index contributed by atoms with van der Waals surface area (Å²) in [5, 5.41) is 9.69. The third-order valence-corrected chi connectivity index (χ3v) is 3.88. The van der Waals surface area contributed by atoms with Crippen molar-refractivity contribution >= 4 is 33.8 Å². The van der Waals surface area contributed by atoms with E-state index in [0.717, 1.165) is 21.6 Å². The van der Waals surface area contributed by atoms with E-state index in [0.29, 0.717) is 12.2 Å². The number of aromatic nitrogens is 2. The van der Waals surface area contributed by atoms with Crippen molar-refractivity contribution < 1.29 is 4.79 Å². The minimum atomic E-state index is -0.201. The van der Waals surface area contributed by atoms with Gasteiger partial charge in [0.15, 0.2) is 0 Å². The largest absolute Gasteiger partial charge is 0.388 e. The molecular weight excluding hydrogens is 284 g/mol. The number of hydrogen-bond acceptors (Lipinski definition) is 5. The smallest absolute Gasteiger partial charge is 0.270 e. The zero-order chi connectivity index (χ0) is 14.7. The van der Waals surface area contributed by atoms with Crippen LogP contribution in [0, 0.1) is 0 Å². The molecule has 3 aromatic rings. The maximum atomic E-state index is 12.2. The van der Waals surface area contributed by atoms with Crippen molar-refractivity contribution in [3.63, 3.8) is 0 Å². The Morgan fingerprint density at radius 3 is 2.95 bits per heavy atom. The number of benzene rings is 1. The number of amides is 1. The van der Waals surface area contributed by atoms with Crippen LogP contribution in [-0.4, -0.2) is 22.9 Å². The molecule has 106 valence electrons. The van der Waals surface area contributed by atoms with Crippen molar-refractivity contribution in [2.75, 3.05) is 12.4 Å². The quantitative estimate of drug-likeness (QED) is 0.777.